The summed E-state index contributed by atoms with van der Waals surface area (Å²) >= 11 is 0. The van der Waals surface area contributed by atoms with Gasteiger partial charge < -0.3 is 16.4 Å². The van der Waals surface area contributed by atoms with Crippen molar-refractivity contribution in [2.75, 3.05) is 22.9 Å². The molecule has 9 nitrogen and oxygen atoms in total. The molecular weight excluding hydrogens is 461 g/mol. The van der Waals surface area contributed by atoms with Gasteiger partial charge in [-0.3, -0.25) is 9.36 Å². The van der Waals surface area contributed by atoms with E-state index in [2.05, 4.69) is 15.0 Å². The van der Waals surface area contributed by atoms with Crippen molar-refractivity contribution >= 4 is 28.5 Å². The maximum absolute atomic E-state index is 14.6. The van der Waals surface area contributed by atoms with Crippen LogP contribution in [-0.4, -0.2) is 26.1 Å². The molecule has 2 aromatic carbocycles. The van der Waals surface area contributed by atoms with Gasteiger partial charge in [-0.05, 0) is 37.1 Å². The van der Waals surface area contributed by atoms with Crippen LogP contribution >= 0.6 is 0 Å². The molecule has 4 aromatic rings. The predicted molar refractivity (Wildman–Crippen MR) is 122 cm³/mol. The van der Waals surface area contributed by atoms with Crippen molar-refractivity contribution in [3.63, 3.8) is 0 Å². The van der Waals surface area contributed by atoms with Crippen molar-refractivity contribution in [2.45, 2.75) is 18.9 Å². The summed E-state index contributed by atoms with van der Waals surface area (Å²) in [4.78, 5) is 27.8. The first-order valence-corrected chi connectivity index (χ1v) is 10.6. The minimum atomic E-state index is -0.919. The number of fused-ring (bicyclic) bond motifs is 1. The van der Waals surface area contributed by atoms with Crippen molar-refractivity contribution in [1.29, 1.82) is 5.26 Å². The molecule has 1 aliphatic heterocycles. The third-order valence-electron chi connectivity index (χ3n) is 5.85. The summed E-state index contributed by atoms with van der Waals surface area (Å²) in [5, 5.41) is 9.32. The first-order valence-electron chi connectivity index (χ1n) is 10.6. The Labute approximate surface area is 196 Å². The van der Waals surface area contributed by atoms with Gasteiger partial charge in [0.1, 0.15) is 46.1 Å². The van der Waals surface area contributed by atoms with Gasteiger partial charge in [0.25, 0.3) is 5.56 Å². The molecule has 3 heterocycles. The predicted octanol–water partition coefficient (Wildman–Crippen LogP) is 2.97. The summed E-state index contributed by atoms with van der Waals surface area (Å²) in [6.07, 6.45) is 1.05. The lowest BCUT2D eigenvalue weighted by Gasteiger charge is -2.28. The van der Waals surface area contributed by atoms with Gasteiger partial charge >= 0.3 is 0 Å². The number of aromatic nitrogens is 4. The van der Waals surface area contributed by atoms with Gasteiger partial charge in [0.15, 0.2) is 5.82 Å². The number of hydrogen-bond donors (Lipinski definition) is 2. The fourth-order valence-corrected chi connectivity index (χ4v) is 4.44. The number of nitriles is 1. The number of anilines is 3. The fourth-order valence-electron chi connectivity index (χ4n) is 4.44. The summed E-state index contributed by atoms with van der Waals surface area (Å²) in [5.74, 6) is -2.68. The highest BCUT2D eigenvalue weighted by molar-refractivity contribution is 5.79. The molecule has 1 atom stereocenters. The third kappa shape index (κ3) is 3.67. The number of benzene rings is 2. The van der Waals surface area contributed by atoms with Gasteiger partial charge in [0.2, 0.25) is 5.95 Å². The Balaban J connectivity index is 1.81. The topological polar surface area (TPSA) is 140 Å². The third-order valence-corrected chi connectivity index (χ3v) is 5.85. The molecule has 0 spiro atoms. The first-order chi connectivity index (χ1) is 16.8. The van der Waals surface area contributed by atoms with Crippen LogP contribution in [0.2, 0.25) is 0 Å². The van der Waals surface area contributed by atoms with E-state index in [1.807, 2.05) is 6.07 Å². The Kier molecular flexibility index (Phi) is 5.24. The minimum absolute atomic E-state index is 0.0105. The molecule has 2 aromatic heterocycles. The second kappa shape index (κ2) is 8.28. The van der Waals surface area contributed by atoms with Crippen molar-refractivity contribution in [1.82, 2.24) is 19.5 Å². The molecule has 4 N–H and O–H groups in total. The molecule has 0 unspecified atom stereocenters. The number of nitrogens with two attached hydrogens (primary N) is 2. The van der Waals surface area contributed by atoms with Crippen molar-refractivity contribution in [3.8, 4) is 11.8 Å². The Morgan fingerprint density at radius 2 is 1.80 bits per heavy atom. The lowest BCUT2D eigenvalue weighted by atomic mass is 10.1. The highest BCUT2D eigenvalue weighted by atomic mass is 19.1. The van der Waals surface area contributed by atoms with E-state index in [0.717, 1.165) is 22.8 Å². The SMILES string of the molecule is N#Cc1c(N)nc(N)nc1N1CCC[C@H]1c1nc2cccc(F)c2c(=O)n1-c1cc(F)cc(F)c1. The highest BCUT2D eigenvalue weighted by Crippen LogP contribution is 2.38. The lowest BCUT2D eigenvalue weighted by Crippen LogP contribution is -2.33. The van der Waals surface area contributed by atoms with Crippen LogP contribution in [0.3, 0.4) is 0 Å². The van der Waals surface area contributed by atoms with E-state index in [1.54, 1.807) is 4.90 Å². The fraction of sp³-hybridized carbons (Fsp3) is 0.174. The number of halogens is 3. The average Bonchev–Trinajstić information content (AvgIpc) is 3.27. The zero-order valence-electron chi connectivity index (χ0n) is 18.0. The molecule has 1 saturated heterocycles. The quantitative estimate of drug-likeness (QED) is 0.458. The standard InChI is InChI=1S/C23H17F3N8O/c24-11-7-12(25)9-13(8-11)34-21(30-16-4-1-3-15(26)18(16)22(34)35)17-5-2-6-33(17)20-14(10-27)19(28)31-23(29)32-20/h1,3-4,7-9,17H,2,5-6H2,(H4,28,29,31,32)/t17-/m0/s1. The first kappa shape index (κ1) is 22.1. The molecule has 12 heteroatoms. The molecule has 0 amide bonds. The van der Waals surface area contributed by atoms with E-state index >= 15 is 0 Å². The summed E-state index contributed by atoms with van der Waals surface area (Å²) in [6, 6.07) is 7.86. The van der Waals surface area contributed by atoms with Gasteiger partial charge in [-0.25, -0.2) is 18.2 Å². The van der Waals surface area contributed by atoms with Crippen LogP contribution in [0.5, 0.6) is 0 Å². The van der Waals surface area contributed by atoms with Crippen LogP contribution in [0.4, 0.5) is 30.8 Å². The Morgan fingerprint density at radius 1 is 1.06 bits per heavy atom. The van der Waals surface area contributed by atoms with E-state index in [9.17, 15) is 23.2 Å². The molecule has 0 radical (unpaired) electrons. The van der Waals surface area contributed by atoms with E-state index in [4.69, 9.17) is 11.5 Å². The maximum atomic E-state index is 14.6. The number of nitrogens with zero attached hydrogens (tertiary/aromatic N) is 6. The monoisotopic (exact) mass is 478 g/mol. The summed E-state index contributed by atoms with van der Waals surface area (Å²) in [5.41, 5.74) is 10.7. The van der Waals surface area contributed by atoms with Gasteiger partial charge in [-0.15, -0.1) is 0 Å². The average molecular weight is 478 g/mol. The van der Waals surface area contributed by atoms with Crippen LogP contribution in [0, 0.1) is 28.8 Å². The van der Waals surface area contributed by atoms with Gasteiger partial charge in [-0.1, -0.05) is 6.07 Å². The van der Waals surface area contributed by atoms with Crippen molar-refractivity contribution < 1.29 is 13.2 Å². The Bertz CT molecular complexity index is 1580. The van der Waals surface area contributed by atoms with Crippen molar-refractivity contribution in [3.05, 3.63) is 75.6 Å². The van der Waals surface area contributed by atoms with E-state index < -0.39 is 29.1 Å². The maximum Gasteiger partial charge on any atom is 0.269 e. The van der Waals surface area contributed by atoms with Crippen molar-refractivity contribution in [2.24, 2.45) is 0 Å². The Hall–Kier alpha value is -4.66. The van der Waals surface area contributed by atoms with Crippen LogP contribution in [0.25, 0.3) is 16.6 Å². The Morgan fingerprint density at radius 3 is 2.51 bits per heavy atom. The molecular formula is C23H17F3N8O. The minimum Gasteiger partial charge on any atom is -0.382 e. The van der Waals surface area contributed by atoms with Crippen LogP contribution in [0.15, 0.2) is 41.2 Å². The van der Waals surface area contributed by atoms with Gasteiger partial charge in [0.05, 0.1) is 17.2 Å². The largest absolute Gasteiger partial charge is 0.382 e. The molecule has 35 heavy (non-hydrogen) atoms. The molecule has 0 aliphatic carbocycles. The van der Waals surface area contributed by atoms with Gasteiger partial charge in [-0.2, -0.15) is 15.2 Å². The smallest absolute Gasteiger partial charge is 0.269 e. The summed E-state index contributed by atoms with van der Waals surface area (Å²) in [6.45, 7) is 0.393. The normalized spacial score (nSPS) is 15.5. The molecule has 0 bridgehead atoms. The van der Waals surface area contributed by atoms with Crippen LogP contribution in [0.1, 0.15) is 30.3 Å². The zero-order valence-corrected chi connectivity index (χ0v) is 18.0. The molecule has 176 valence electrons. The van der Waals surface area contributed by atoms with Crippen LogP contribution in [-0.2, 0) is 0 Å². The summed E-state index contributed by atoms with van der Waals surface area (Å²) < 4.78 is 43.9. The van der Waals surface area contributed by atoms with Gasteiger partial charge in [0, 0.05) is 12.6 Å². The zero-order chi connectivity index (χ0) is 24.9. The van der Waals surface area contributed by atoms with Crippen LogP contribution < -0.4 is 21.9 Å². The second-order valence-electron chi connectivity index (χ2n) is 8.00. The lowest BCUT2D eigenvalue weighted by molar-refractivity contribution is 0.576. The number of rotatable bonds is 3. The van der Waals surface area contributed by atoms with E-state index in [1.165, 1.54) is 12.1 Å². The summed E-state index contributed by atoms with van der Waals surface area (Å²) in [7, 11) is 0. The molecule has 0 saturated carbocycles. The van der Waals surface area contributed by atoms with E-state index in [-0.39, 0.29) is 45.6 Å². The highest BCUT2D eigenvalue weighted by Gasteiger charge is 2.34. The molecule has 5 rings (SSSR count). The van der Waals surface area contributed by atoms with E-state index in [0.29, 0.717) is 25.5 Å². The number of nitrogen functional groups attached to an aromatic ring is 2. The second-order valence-corrected chi connectivity index (χ2v) is 8.00. The molecule has 1 fully saturated rings. The number of hydrogen-bond acceptors (Lipinski definition) is 8. The molecule has 1 aliphatic rings.